The fourth-order valence-corrected chi connectivity index (χ4v) is 2.90. The molecule has 0 radical (unpaired) electrons. The molecule has 21 heavy (non-hydrogen) atoms. The molecule has 0 aliphatic carbocycles. The minimum absolute atomic E-state index is 0.356. The molecule has 0 aliphatic heterocycles. The van der Waals surface area contributed by atoms with E-state index in [1.165, 1.54) is 16.7 Å². The number of hydrogen-bond donors (Lipinski definition) is 1. The standard InChI is InChI=1S/C18H17NO2/c1-12-7-13(2)9-14(8-12)10-19-11-16(18(20)21)15-5-3-4-6-17(15)19/h3-9,11H,10H2,1-2H3,(H,20,21). The van der Waals surface area contributed by atoms with E-state index in [1.54, 1.807) is 6.20 Å². The number of carboxylic acids is 1. The van der Waals surface area contributed by atoms with Crippen LogP contribution in [0.15, 0.2) is 48.7 Å². The number of aryl methyl sites for hydroxylation is 2. The monoisotopic (exact) mass is 279 g/mol. The zero-order valence-corrected chi connectivity index (χ0v) is 12.1. The molecule has 0 amide bonds. The van der Waals surface area contributed by atoms with Crippen LogP contribution < -0.4 is 0 Å². The summed E-state index contributed by atoms with van der Waals surface area (Å²) < 4.78 is 2.01. The topological polar surface area (TPSA) is 42.2 Å². The van der Waals surface area contributed by atoms with Crippen molar-refractivity contribution in [1.29, 1.82) is 0 Å². The van der Waals surface area contributed by atoms with Crippen molar-refractivity contribution in [2.75, 3.05) is 0 Å². The molecular formula is C18H17NO2. The van der Waals surface area contributed by atoms with Gasteiger partial charge < -0.3 is 9.67 Å². The molecule has 3 aromatic rings. The van der Waals surface area contributed by atoms with Crippen LogP contribution in [-0.4, -0.2) is 15.6 Å². The molecule has 2 aromatic carbocycles. The fourth-order valence-electron chi connectivity index (χ4n) is 2.90. The van der Waals surface area contributed by atoms with Crippen LogP contribution in [0, 0.1) is 13.8 Å². The maximum absolute atomic E-state index is 11.4. The van der Waals surface area contributed by atoms with Crippen LogP contribution in [0.3, 0.4) is 0 Å². The first-order chi connectivity index (χ1) is 10.0. The molecule has 3 heteroatoms. The number of carboxylic acid groups (broad SMARTS) is 1. The molecule has 0 saturated carbocycles. The Bertz CT molecular complexity index is 810. The molecule has 0 aliphatic rings. The summed E-state index contributed by atoms with van der Waals surface area (Å²) in [4.78, 5) is 11.4. The highest BCUT2D eigenvalue weighted by molar-refractivity contribution is 6.03. The summed E-state index contributed by atoms with van der Waals surface area (Å²) in [5.74, 6) is -0.884. The van der Waals surface area contributed by atoms with Crippen molar-refractivity contribution in [2.24, 2.45) is 0 Å². The minimum Gasteiger partial charge on any atom is -0.478 e. The van der Waals surface area contributed by atoms with E-state index in [2.05, 4.69) is 32.0 Å². The first kappa shape index (κ1) is 13.4. The highest BCUT2D eigenvalue weighted by Gasteiger charge is 2.13. The van der Waals surface area contributed by atoms with E-state index >= 15 is 0 Å². The van der Waals surface area contributed by atoms with Crippen molar-refractivity contribution in [2.45, 2.75) is 20.4 Å². The largest absolute Gasteiger partial charge is 0.478 e. The first-order valence-electron chi connectivity index (χ1n) is 6.93. The van der Waals surface area contributed by atoms with Gasteiger partial charge in [0.15, 0.2) is 0 Å². The third-order valence-electron chi connectivity index (χ3n) is 3.65. The van der Waals surface area contributed by atoms with Crippen molar-refractivity contribution >= 4 is 16.9 Å². The van der Waals surface area contributed by atoms with Gasteiger partial charge >= 0.3 is 5.97 Å². The van der Waals surface area contributed by atoms with Crippen molar-refractivity contribution in [3.05, 3.63) is 70.9 Å². The Morgan fingerprint density at radius 1 is 1.10 bits per heavy atom. The van der Waals surface area contributed by atoms with Gasteiger partial charge in [-0.2, -0.15) is 0 Å². The lowest BCUT2D eigenvalue weighted by atomic mass is 10.1. The Morgan fingerprint density at radius 2 is 1.76 bits per heavy atom. The average Bonchev–Trinajstić information content (AvgIpc) is 2.77. The van der Waals surface area contributed by atoms with Crippen LogP contribution in [0.4, 0.5) is 0 Å². The van der Waals surface area contributed by atoms with E-state index in [0.29, 0.717) is 12.1 Å². The maximum Gasteiger partial charge on any atom is 0.337 e. The van der Waals surface area contributed by atoms with Crippen LogP contribution in [0.2, 0.25) is 0 Å². The number of fused-ring (bicyclic) bond motifs is 1. The Balaban J connectivity index is 2.10. The van der Waals surface area contributed by atoms with Crippen molar-refractivity contribution < 1.29 is 9.90 Å². The molecule has 1 aromatic heterocycles. The smallest absolute Gasteiger partial charge is 0.337 e. The lowest BCUT2D eigenvalue weighted by molar-refractivity contribution is 0.0699. The Labute approximate surface area is 123 Å². The van der Waals surface area contributed by atoms with Crippen LogP contribution in [-0.2, 0) is 6.54 Å². The summed E-state index contributed by atoms with van der Waals surface area (Å²) in [6.45, 7) is 4.83. The number of benzene rings is 2. The molecule has 0 saturated heterocycles. The number of nitrogens with zero attached hydrogens (tertiary/aromatic N) is 1. The third kappa shape index (κ3) is 2.55. The van der Waals surface area contributed by atoms with Crippen molar-refractivity contribution in [3.63, 3.8) is 0 Å². The molecule has 106 valence electrons. The second-order valence-electron chi connectivity index (χ2n) is 5.49. The molecule has 1 heterocycles. The maximum atomic E-state index is 11.4. The van der Waals surface area contributed by atoms with Crippen LogP contribution in [0.1, 0.15) is 27.0 Å². The zero-order valence-electron chi connectivity index (χ0n) is 12.1. The van der Waals surface area contributed by atoms with E-state index in [0.717, 1.165) is 10.9 Å². The summed E-state index contributed by atoms with van der Waals surface area (Å²) in [5.41, 5.74) is 4.94. The second kappa shape index (κ2) is 5.09. The lowest BCUT2D eigenvalue weighted by Gasteiger charge is -2.08. The summed E-state index contributed by atoms with van der Waals surface area (Å²) in [7, 11) is 0. The van der Waals surface area contributed by atoms with Gasteiger partial charge in [0.2, 0.25) is 0 Å². The molecule has 0 unspecified atom stereocenters. The Hall–Kier alpha value is -2.55. The van der Waals surface area contributed by atoms with E-state index in [-0.39, 0.29) is 0 Å². The van der Waals surface area contributed by atoms with Gasteiger partial charge in [0.05, 0.1) is 5.56 Å². The van der Waals surface area contributed by atoms with E-state index < -0.39 is 5.97 Å². The van der Waals surface area contributed by atoms with Gasteiger partial charge in [0.25, 0.3) is 0 Å². The quantitative estimate of drug-likeness (QED) is 0.787. The molecule has 3 rings (SSSR count). The van der Waals surface area contributed by atoms with Gasteiger partial charge in [-0.05, 0) is 25.5 Å². The first-order valence-corrected chi connectivity index (χ1v) is 6.93. The van der Waals surface area contributed by atoms with Crippen LogP contribution in [0.25, 0.3) is 10.9 Å². The predicted octanol–water partition coefficient (Wildman–Crippen LogP) is 4.00. The third-order valence-corrected chi connectivity index (χ3v) is 3.65. The predicted molar refractivity (Wildman–Crippen MR) is 83.9 cm³/mol. The van der Waals surface area contributed by atoms with E-state index in [4.69, 9.17) is 0 Å². The van der Waals surface area contributed by atoms with Crippen LogP contribution >= 0.6 is 0 Å². The fraction of sp³-hybridized carbons (Fsp3) is 0.167. The number of hydrogen-bond acceptors (Lipinski definition) is 1. The average molecular weight is 279 g/mol. The van der Waals surface area contributed by atoms with Crippen molar-refractivity contribution in [3.8, 4) is 0 Å². The molecular weight excluding hydrogens is 262 g/mol. The summed E-state index contributed by atoms with van der Waals surface area (Å²) in [6, 6.07) is 14.0. The van der Waals surface area contributed by atoms with Gasteiger partial charge in [-0.3, -0.25) is 0 Å². The van der Waals surface area contributed by atoms with E-state index in [9.17, 15) is 9.90 Å². The highest BCUT2D eigenvalue weighted by atomic mass is 16.4. The Morgan fingerprint density at radius 3 is 2.43 bits per heavy atom. The number of carbonyl (C=O) groups is 1. The molecule has 3 nitrogen and oxygen atoms in total. The second-order valence-corrected chi connectivity index (χ2v) is 5.49. The summed E-state index contributed by atoms with van der Waals surface area (Å²) >= 11 is 0. The number of para-hydroxylation sites is 1. The lowest BCUT2D eigenvalue weighted by Crippen LogP contribution is -1.99. The van der Waals surface area contributed by atoms with Gasteiger partial charge in [-0.15, -0.1) is 0 Å². The van der Waals surface area contributed by atoms with Gasteiger partial charge in [0.1, 0.15) is 0 Å². The molecule has 0 fully saturated rings. The normalized spacial score (nSPS) is 11.0. The van der Waals surface area contributed by atoms with Gasteiger partial charge in [-0.1, -0.05) is 47.5 Å². The number of aromatic carboxylic acids is 1. The number of aromatic nitrogens is 1. The zero-order chi connectivity index (χ0) is 15.0. The van der Waals surface area contributed by atoms with Crippen molar-refractivity contribution in [1.82, 2.24) is 4.57 Å². The number of rotatable bonds is 3. The summed E-state index contributed by atoms with van der Waals surface area (Å²) in [5, 5.41) is 10.1. The molecule has 0 spiro atoms. The minimum atomic E-state index is -0.884. The van der Waals surface area contributed by atoms with Crippen LogP contribution in [0.5, 0.6) is 0 Å². The summed E-state index contributed by atoms with van der Waals surface area (Å²) in [6.07, 6.45) is 1.73. The highest BCUT2D eigenvalue weighted by Crippen LogP contribution is 2.23. The molecule has 1 N–H and O–H groups in total. The van der Waals surface area contributed by atoms with Gasteiger partial charge in [-0.25, -0.2) is 4.79 Å². The molecule has 0 bridgehead atoms. The van der Waals surface area contributed by atoms with E-state index in [1.807, 2.05) is 28.8 Å². The van der Waals surface area contributed by atoms with Gasteiger partial charge in [0, 0.05) is 23.6 Å². The SMILES string of the molecule is Cc1cc(C)cc(Cn2cc(C(=O)O)c3ccccc32)c1. The molecule has 0 atom stereocenters. The Kier molecular flexibility index (Phi) is 3.26.